The van der Waals surface area contributed by atoms with Gasteiger partial charge in [-0.3, -0.25) is 19.2 Å². The second-order valence-corrected chi connectivity index (χ2v) is 34.1. The zero-order valence-corrected chi connectivity index (χ0v) is 74.1. The number of Topliss-reactive ketones (excluding diaryl/α,β-unsaturated/α-hetero) is 4. The minimum absolute atomic E-state index is 0.0277. The molecule has 4 saturated carbocycles. The average Bonchev–Trinajstić information content (AvgIpc) is 1.62. The van der Waals surface area contributed by atoms with Crippen LogP contribution >= 0.6 is 46.4 Å². The van der Waals surface area contributed by atoms with Crippen LogP contribution in [0.2, 0.25) is 20.1 Å². The van der Waals surface area contributed by atoms with Gasteiger partial charge in [-0.05, 0) is 134 Å². The Bertz CT molecular complexity index is 6470. The molecule has 0 spiro atoms. The molecule has 0 N–H and O–H groups in total. The van der Waals surface area contributed by atoms with E-state index in [-0.39, 0.29) is 86.2 Å². The molecular weight excluding hydrogens is 1850 g/mol. The highest BCUT2D eigenvalue weighted by Gasteiger charge is 2.48. The number of alkyl halides is 15. The standard InChI is InChI=1S/C23H19ClF5N5O2.C22H18ClF4N5O2.C21H19ClF4N4O2.C21H21ClF2N4O2/c1-21(25,26)19-18(36-12-23(27,28)29)20(33(2)32-19)34-10-14(9-31-34)13-3-4-16(24)15(7-13)17(35)8-22(11-30)5-6-22;1-21(26,27)18-17(34-20(24)25)19(31(2)30-18)32-10-13(9-29-32)12-3-4-15(23)14(7-12)16(33)8-22(11-28)5-6-22;1-21(25,26)18-17(32-20(23)24)19(29(2)28-18)30-10-13(9-27-30)12-5-6-15(22)14(8-12)16(31)7-11-3-4-11;1-21(23,24)19-18(30-3)20(27(2)26-19)28-11-14(10-25-28)13-6-7-16(22)15(9-13)17(29)8-12-4-5-12/h3-4,7,9-10H,5-6,8,12H2,1-2H3;3-4,7,9-10,20H,5-6,8H2,1-2H3;5-6,8-11,20H,3-4,7H2,1-2H3;6-7,9-12H,4-5,8H2,1-3H3. The van der Waals surface area contributed by atoms with Gasteiger partial charge >= 0.3 is 19.4 Å². The first-order valence-corrected chi connectivity index (χ1v) is 41.7. The Hall–Kier alpha value is -12.5. The molecule has 8 heterocycles. The van der Waals surface area contributed by atoms with Crippen LogP contribution in [0, 0.1) is 45.3 Å². The first kappa shape index (κ1) is 97.1. The first-order valence-electron chi connectivity index (χ1n) is 40.2. The van der Waals surface area contributed by atoms with E-state index in [4.69, 9.17) is 55.9 Å². The predicted octanol–water partition coefficient (Wildman–Crippen LogP) is 22.0. The Kier molecular flexibility index (Phi) is 27.7. The summed E-state index contributed by atoms with van der Waals surface area (Å²) in [6.07, 6.45) is 14.7. The molecule has 16 rings (SSSR count). The molecule has 0 bridgehead atoms. The summed E-state index contributed by atoms with van der Waals surface area (Å²) in [4.78, 5) is 50.6. The number of ether oxygens (including phenoxy) is 4. The van der Waals surface area contributed by atoms with Crippen molar-refractivity contribution >= 4 is 69.5 Å². The number of benzene rings is 4. The van der Waals surface area contributed by atoms with Gasteiger partial charge in [-0.15, -0.1) is 0 Å². The maximum Gasteiger partial charge on any atom is 0.422 e. The van der Waals surface area contributed by atoms with Crippen LogP contribution in [0.5, 0.6) is 23.0 Å². The molecule has 132 heavy (non-hydrogen) atoms. The lowest BCUT2D eigenvalue weighted by molar-refractivity contribution is -0.154. The minimum Gasteiger partial charge on any atom is -0.491 e. The lowest BCUT2D eigenvalue weighted by Crippen LogP contribution is -2.21. The third-order valence-electron chi connectivity index (χ3n) is 21.7. The predicted molar refractivity (Wildman–Crippen MR) is 449 cm³/mol. The number of aryl methyl sites for hydroxylation is 4. The number of nitrogens with zero attached hydrogens (tertiary/aromatic N) is 18. The van der Waals surface area contributed by atoms with E-state index in [1.54, 1.807) is 74.0 Å². The van der Waals surface area contributed by atoms with Crippen LogP contribution in [0.1, 0.15) is 169 Å². The number of nitriles is 2. The fourth-order valence-electron chi connectivity index (χ4n) is 14.2. The van der Waals surface area contributed by atoms with Gasteiger partial charge in [-0.1, -0.05) is 70.7 Å². The fraction of sp³-hybridized carbons (Fsp3) is 0.379. The monoisotopic (exact) mass is 1930 g/mol. The van der Waals surface area contributed by atoms with E-state index in [0.29, 0.717) is 131 Å². The van der Waals surface area contributed by atoms with Crippen LogP contribution < -0.4 is 18.9 Å². The van der Waals surface area contributed by atoms with Crippen molar-refractivity contribution in [3.8, 4) is 103 Å². The first-order chi connectivity index (χ1) is 61.9. The van der Waals surface area contributed by atoms with Gasteiger partial charge in [0.15, 0.2) is 98.8 Å². The topological polar surface area (TPSA) is 295 Å². The second-order valence-electron chi connectivity index (χ2n) is 32.5. The van der Waals surface area contributed by atoms with E-state index in [1.807, 2.05) is 0 Å². The number of rotatable bonds is 31. The van der Waals surface area contributed by atoms with Gasteiger partial charge in [-0.2, -0.15) is 117 Å². The van der Waals surface area contributed by atoms with Crippen LogP contribution in [-0.2, 0) is 51.9 Å². The Morgan fingerprint density at radius 1 is 0.417 bits per heavy atom. The van der Waals surface area contributed by atoms with Gasteiger partial charge in [0.25, 0.3) is 23.7 Å². The van der Waals surface area contributed by atoms with Crippen molar-refractivity contribution in [2.24, 2.45) is 50.9 Å². The third-order valence-corrected chi connectivity index (χ3v) is 23.0. The third kappa shape index (κ3) is 22.3. The highest BCUT2D eigenvalue weighted by atomic mass is 35.5. The molecule has 0 unspecified atom stereocenters. The van der Waals surface area contributed by atoms with Gasteiger partial charge < -0.3 is 18.9 Å². The number of hydrogen-bond acceptors (Lipinski definition) is 18. The molecule has 0 atom stereocenters. The van der Waals surface area contributed by atoms with E-state index in [9.17, 15) is 95.6 Å². The molecule has 0 aliphatic heterocycles. The molecule has 8 aromatic heterocycles. The normalized spacial score (nSPS) is 14.6. The molecule has 12 aromatic rings. The highest BCUT2D eigenvalue weighted by Crippen LogP contribution is 2.52. The summed E-state index contributed by atoms with van der Waals surface area (Å²) < 4.78 is 230. The van der Waals surface area contributed by atoms with Crippen molar-refractivity contribution in [2.75, 3.05) is 13.7 Å². The molecule has 4 aromatic carbocycles. The zero-order chi connectivity index (χ0) is 96.1. The van der Waals surface area contributed by atoms with Gasteiger partial charge in [-0.25, -0.2) is 37.5 Å². The Morgan fingerprint density at radius 3 is 0.917 bits per heavy atom. The molecule has 696 valence electrons. The number of hydrogen-bond donors (Lipinski definition) is 0. The quantitative estimate of drug-likeness (QED) is 0.0288. The summed E-state index contributed by atoms with van der Waals surface area (Å²) in [6.45, 7) is -6.15. The van der Waals surface area contributed by atoms with Crippen molar-refractivity contribution in [1.82, 2.24) is 78.2 Å². The molecule has 26 nitrogen and oxygen atoms in total. The summed E-state index contributed by atoms with van der Waals surface area (Å²) >= 11 is 24.9. The smallest absolute Gasteiger partial charge is 0.422 e. The van der Waals surface area contributed by atoms with Crippen molar-refractivity contribution in [3.05, 3.63) is 187 Å². The van der Waals surface area contributed by atoms with Crippen LogP contribution in [0.4, 0.5) is 65.9 Å². The Morgan fingerprint density at radius 2 is 0.674 bits per heavy atom. The van der Waals surface area contributed by atoms with E-state index >= 15 is 0 Å². The maximum absolute atomic E-state index is 14.1. The Balaban J connectivity index is 0.000000150. The van der Waals surface area contributed by atoms with Crippen LogP contribution in [-0.4, -0.2) is 134 Å². The number of carbonyl (C=O) groups is 4. The number of carbonyl (C=O) groups excluding carboxylic acids is 4. The van der Waals surface area contributed by atoms with Crippen LogP contribution in [0.3, 0.4) is 0 Å². The lowest BCUT2D eigenvalue weighted by atomic mass is 9.95. The van der Waals surface area contributed by atoms with Crippen molar-refractivity contribution in [1.29, 1.82) is 10.5 Å². The van der Waals surface area contributed by atoms with Gasteiger partial charge in [0.1, 0.15) is 0 Å². The molecule has 4 aliphatic rings. The number of methoxy groups -OCH3 is 1. The van der Waals surface area contributed by atoms with E-state index in [0.717, 1.165) is 66.3 Å². The minimum atomic E-state index is -4.76. The molecule has 4 fully saturated rings. The average molecular weight is 1930 g/mol. The lowest BCUT2D eigenvalue weighted by Gasteiger charge is -2.13. The van der Waals surface area contributed by atoms with Crippen LogP contribution in [0.25, 0.3) is 67.8 Å². The van der Waals surface area contributed by atoms with Crippen molar-refractivity contribution in [2.45, 2.75) is 148 Å². The molecule has 0 radical (unpaired) electrons. The molecule has 45 heteroatoms. The number of halogens is 19. The second kappa shape index (κ2) is 37.7. The molecular formula is C87H77Cl4F15N18O8. The van der Waals surface area contributed by atoms with Gasteiger partial charge in [0.2, 0.25) is 0 Å². The molecule has 0 amide bonds. The highest BCUT2D eigenvalue weighted by molar-refractivity contribution is 6.35. The van der Waals surface area contributed by atoms with Crippen LogP contribution in [0.15, 0.2) is 122 Å². The molecule has 4 aliphatic carbocycles. The fourth-order valence-corrected chi connectivity index (χ4v) is 15.1. The van der Waals surface area contributed by atoms with E-state index in [2.05, 4.69) is 62.4 Å². The number of aromatic nitrogens is 16. The summed E-state index contributed by atoms with van der Waals surface area (Å²) in [5, 5.41) is 51.2. The largest absolute Gasteiger partial charge is 0.491 e. The number of ketones is 4. The maximum atomic E-state index is 14.1. The molecule has 0 saturated heterocycles. The summed E-state index contributed by atoms with van der Waals surface area (Å²) in [5.41, 5.74) is 1.24. The van der Waals surface area contributed by atoms with Crippen molar-refractivity contribution < 1.29 is 104 Å². The SMILES string of the molecule is COc1c(C(C)(F)F)nn(C)c1-n1cc(-c2ccc(Cl)c(C(=O)CC3CC3)c2)cn1.Cn1nc(C(C)(F)F)c(OC(F)F)c1-n1cc(-c2ccc(Cl)c(C(=O)CC3(C#N)CC3)c2)cn1.Cn1nc(C(C)(F)F)c(OC(F)F)c1-n1cc(-c2ccc(Cl)c(C(=O)CC3CC3)c2)cn1.Cn1nc(C(C)(F)F)c(OCC(F)(F)F)c1-n1cc(-c2ccc(Cl)c(C(=O)CC3(C#N)CC3)c2)cn1. The summed E-state index contributed by atoms with van der Waals surface area (Å²) in [6, 6.07) is 23.8. The van der Waals surface area contributed by atoms with E-state index in [1.165, 1.54) is 93.0 Å². The van der Waals surface area contributed by atoms with Gasteiger partial charge in [0.05, 0.1) is 75.0 Å². The van der Waals surface area contributed by atoms with Crippen molar-refractivity contribution in [3.63, 3.8) is 0 Å². The van der Waals surface area contributed by atoms with E-state index < -0.39 is 101 Å². The summed E-state index contributed by atoms with van der Waals surface area (Å²) in [7, 11) is 6.75. The Labute approximate surface area is 761 Å². The van der Waals surface area contributed by atoms with Gasteiger partial charge in [0, 0.05) is 151 Å². The summed E-state index contributed by atoms with van der Waals surface area (Å²) in [5.74, 6) is -16.3. The zero-order valence-electron chi connectivity index (χ0n) is 71.0.